The van der Waals surface area contributed by atoms with Gasteiger partial charge in [0.15, 0.2) is 0 Å². The molecule has 0 atom stereocenters. The number of aliphatic carboxylic acids is 1. The molecule has 0 bridgehead atoms. The summed E-state index contributed by atoms with van der Waals surface area (Å²) in [5.41, 5.74) is 0.658. The molecule has 2 aromatic heterocycles. The zero-order valence-corrected chi connectivity index (χ0v) is 7.01. The number of aromatic nitrogens is 2. The maximum atomic E-state index is 10.3. The number of carbonyl (C=O) groups is 1. The third-order valence-corrected chi connectivity index (χ3v) is 1.55. The van der Waals surface area contributed by atoms with E-state index in [-0.39, 0.29) is 12.3 Å². The highest BCUT2D eigenvalue weighted by Gasteiger charge is 2.11. The first-order valence-corrected chi connectivity index (χ1v) is 3.82. The first-order valence-electron chi connectivity index (χ1n) is 3.82. The number of hydrogen-bond donors (Lipinski definition) is 1. The number of furan rings is 1. The van der Waals surface area contributed by atoms with Crippen LogP contribution >= 0.6 is 0 Å². The van der Waals surface area contributed by atoms with Crippen LogP contribution in [0, 0.1) is 0 Å². The van der Waals surface area contributed by atoms with Crippen molar-refractivity contribution >= 4 is 5.97 Å². The van der Waals surface area contributed by atoms with E-state index in [9.17, 15) is 4.79 Å². The molecule has 6 nitrogen and oxygen atoms in total. The normalized spacial score (nSPS) is 10.3. The van der Waals surface area contributed by atoms with E-state index in [1.165, 1.54) is 12.5 Å². The van der Waals surface area contributed by atoms with Crippen LogP contribution in [0.1, 0.15) is 5.89 Å². The topological polar surface area (TPSA) is 89.4 Å². The smallest absolute Gasteiger partial charge is 0.312 e. The van der Waals surface area contributed by atoms with Crippen molar-refractivity contribution < 1.29 is 18.8 Å². The minimum absolute atomic E-state index is 0.0775. The van der Waals surface area contributed by atoms with Gasteiger partial charge in [0.05, 0.1) is 11.8 Å². The second kappa shape index (κ2) is 3.33. The molecule has 0 aliphatic rings. The Morgan fingerprint density at radius 2 is 2.43 bits per heavy atom. The van der Waals surface area contributed by atoms with Crippen molar-refractivity contribution in [1.29, 1.82) is 0 Å². The third-order valence-electron chi connectivity index (χ3n) is 1.55. The molecule has 0 spiro atoms. The molecule has 1 N–H and O–H groups in total. The average molecular weight is 194 g/mol. The van der Waals surface area contributed by atoms with Gasteiger partial charge >= 0.3 is 5.97 Å². The molecular weight excluding hydrogens is 188 g/mol. The maximum Gasteiger partial charge on any atom is 0.312 e. The summed E-state index contributed by atoms with van der Waals surface area (Å²) in [7, 11) is 0. The Kier molecular flexibility index (Phi) is 2.02. The van der Waals surface area contributed by atoms with Gasteiger partial charge in [-0.1, -0.05) is 5.16 Å². The molecule has 14 heavy (non-hydrogen) atoms. The van der Waals surface area contributed by atoms with Crippen molar-refractivity contribution in [2.45, 2.75) is 6.42 Å². The van der Waals surface area contributed by atoms with Crippen LogP contribution in [0.15, 0.2) is 27.5 Å². The van der Waals surface area contributed by atoms with Crippen LogP contribution in [0.25, 0.3) is 11.4 Å². The predicted molar refractivity (Wildman–Crippen MR) is 43.3 cm³/mol. The lowest BCUT2D eigenvalue weighted by molar-refractivity contribution is -0.136. The maximum absolute atomic E-state index is 10.3. The van der Waals surface area contributed by atoms with E-state index in [0.717, 1.165) is 0 Å². The Labute approximate surface area is 78.2 Å². The van der Waals surface area contributed by atoms with Gasteiger partial charge in [-0.05, 0) is 6.07 Å². The highest BCUT2D eigenvalue weighted by atomic mass is 16.5. The van der Waals surface area contributed by atoms with Crippen LogP contribution in [-0.4, -0.2) is 21.2 Å². The number of hydrogen-bond acceptors (Lipinski definition) is 5. The lowest BCUT2D eigenvalue weighted by Crippen LogP contribution is -1.99. The molecule has 0 aromatic carbocycles. The molecule has 0 saturated heterocycles. The van der Waals surface area contributed by atoms with E-state index in [4.69, 9.17) is 14.0 Å². The lowest BCUT2D eigenvalue weighted by atomic mass is 10.3. The molecule has 0 fully saturated rings. The van der Waals surface area contributed by atoms with Crippen molar-refractivity contribution in [1.82, 2.24) is 10.1 Å². The second-order valence-corrected chi connectivity index (χ2v) is 2.59. The van der Waals surface area contributed by atoms with Crippen LogP contribution in [0.4, 0.5) is 0 Å². The van der Waals surface area contributed by atoms with E-state index in [1.54, 1.807) is 6.07 Å². The Balaban J connectivity index is 2.22. The number of carboxylic acid groups (broad SMARTS) is 1. The van der Waals surface area contributed by atoms with Crippen molar-refractivity contribution in [3.05, 3.63) is 24.5 Å². The Bertz CT molecular complexity index is 432. The van der Waals surface area contributed by atoms with Crippen LogP contribution in [0.5, 0.6) is 0 Å². The van der Waals surface area contributed by atoms with Crippen molar-refractivity contribution in [3.63, 3.8) is 0 Å². The Hall–Kier alpha value is -2.11. The van der Waals surface area contributed by atoms with Gasteiger partial charge in [0.1, 0.15) is 12.7 Å². The van der Waals surface area contributed by atoms with Gasteiger partial charge in [0.25, 0.3) is 0 Å². The van der Waals surface area contributed by atoms with Crippen LogP contribution in [0.3, 0.4) is 0 Å². The third kappa shape index (κ3) is 1.63. The highest BCUT2D eigenvalue weighted by molar-refractivity contribution is 5.69. The molecule has 0 aliphatic carbocycles. The van der Waals surface area contributed by atoms with Gasteiger partial charge in [-0.15, -0.1) is 0 Å². The quantitative estimate of drug-likeness (QED) is 0.782. The van der Waals surface area contributed by atoms with E-state index < -0.39 is 5.97 Å². The summed E-state index contributed by atoms with van der Waals surface area (Å²) in [5.74, 6) is -0.601. The van der Waals surface area contributed by atoms with Crippen LogP contribution in [-0.2, 0) is 11.2 Å². The molecule has 0 unspecified atom stereocenters. The minimum Gasteiger partial charge on any atom is -0.481 e. The summed E-state index contributed by atoms with van der Waals surface area (Å²) in [6.45, 7) is 0. The van der Waals surface area contributed by atoms with Gasteiger partial charge in [-0.2, -0.15) is 4.98 Å². The molecule has 2 rings (SSSR count). The monoisotopic (exact) mass is 194 g/mol. The summed E-state index contributed by atoms with van der Waals surface area (Å²) in [6, 6.07) is 1.66. The van der Waals surface area contributed by atoms with Gasteiger partial charge < -0.3 is 14.0 Å². The SMILES string of the molecule is O=C(O)Cc1nc(-c2ccoc2)no1. The van der Waals surface area contributed by atoms with Crippen molar-refractivity contribution in [2.24, 2.45) is 0 Å². The van der Waals surface area contributed by atoms with Gasteiger partial charge in [-0.3, -0.25) is 4.79 Å². The molecule has 2 heterocycles. The molecule has 0 saturated carbocycles. The van der Waals surface area contributed by atoms with E-state index in [2.05, 4.69) is 10.1 Å². The summed E-state index contributed by atoms with van der Waals surface area (Å²) >= 11 is 0. The van der Waals surface area contributed by atoms with E-state index in [1.807, 2.05) is 0 Å². The van der Waals surface area contributed by atoms with Crippen molar-refractivity contribution in [3.8, 4) is 11.4 Å². The van der Waals surface area contributed by atoms with Crippen LogP contribution in [0.2, 0.25) is 0 Å². The number of rotatable bonds is 3. The second-order valence-electron chi connectivity index (χ2n) is 2.59. The molecule has 2 aromatic rings. The standard InChI is InChI=1S/C8H6N2O4/c11-7(12)3-6-9-8(10-14-6)5-1-2-13-4-5/h1-2,4H,3H2,(H,11,12). The first kappa shape index (κ1) is 8.49. The lowest BCUT2D eigenvalue weighted by Gasteiger charge is -1.83. The van der Waals surface area contributed by atoms with E-state index in [0.29, 0.717) is 11.4 Å². The number of carboxylic acids is 1. The summed E-state index contributed by atoms with van der Waals surface area (Å²) in [5, 5.41) is 12.1. The highest BCUT2D eigenvalue weighted by Crippen LogP contribution is 2.15. The summed E-state index contributed by atoms with van der Waals surface area (Å²) < 4.78 is 9.54. The Morgan fingerprint density at radius 1 is 1.57 bits per heavy atom. The zero-order chi connectivity index (χ0) is 9.97. The fraction of sp³-hybridized carbons (Fsp3) is 0.125. The largest absolute Gasteiger partial charge is 0.481 e. The van der Waals surface area contributed by atoms with Crippen molar-refractivity contribution in [2.75, 3.05) is 0 Å². The summed E-state index contributed by atoms with van der Waals surface area (Å²) in [6.07, 6.45) is 2.66. The van der Waals surface area contributed by atoms with E-state index >= 15 is 0 Å². The molecule has 0 aliphatic heterocycles. The first-order chi connectivity index (χ1) is 6.75. The Morgan fingerprint density at radius 3 is 3.07 bits per heavy atom. The molecule has 0 radical (unpaired) electrons. The molecule has 0 amide bonds. The molecule has 72 valence electrons. The minimum atomic E-state index is -1.01. The zero-order valence-electron chi connectivity index (χ0n) is 7.01. The average Bonchev–Trinajstić information content (AvgIpc) is 2.69. The van der Waals surface area contributed by atoms with Gasteiger partial charge in [0.2, 0.25) is 11.7 Å². The molecule has 6 heteroatoms. The molecular formula is C8H6N2O4. The van der Waals surface area contributed by atoms with Crippen LogP contribution < -0.4 is 0 Å². The summed E-state index contributed by atoms with van der Waals surface area (Å²) in [4.78, 5) is 14.2. The fourth-order valence-electron chi connectivity index (χ4n) is 0.965. The predicted octanol–water partition coefficient (Wildman–Crippen LogP) is 0.957. The number of nitrogens with zero attached hydrogens (tertiary/aromatic N) is 2. The van der Waals surface area contributed by atoms with Gasteiger partial charge in [0, 0.05) is 0 Å². The van der Waals surface area contributed by atoms with Gasteiger partial charge in [-0.25, -0.2) is 0 Å². The fourth-order valence-corrected chi connectivity index (χ4v) is 0.965.